The number of nitrogens with one attached hydrogen (secondary N) is 3. The van der Waals surface area contributed by atoms with Crippen molar-refractivity contribution in [3.8, 4) is 0 Å². The van der Waals surface area contributed by atoms with Gasteiger partial charge in [0.15, 0.2) is 5.82 Å². The van der Waals surface area contributed by atoms with E-state index in [1.54, 1.807) is 0 Å². The third-order valence-corrected chi connectivity index (χ3v) is 6.99. The number of benzene rings is 1. The molecular formula is C26H35N5O4. The molecule has 0 spiro atoms. The Labute approximate surface area is 205 Å². The van der Waals surface area contributed by atoms with Crippen LogP contribution < -0.4 is 16.0 Å². The van der Waals surface area contributed by atoms with E-state index >= 15 is 0 Å². The van der Waals surface area contributed by atoms with Crippen LogP contribution in [0.15, 0.2) is 28.8 Å². The number of nitrogens with zero attached hydrogens (tertiary/aromatic N) is 2. The molecule has 2 aromatic rings. The Morgan fingerprint density at radius 1 is 1.09 bits per heavy atom. The van der Waals surface area contributed by atoms with Crippen LogP contribution in [-0.2, 0) is 32.9 Å². The van der Waals surface area contributed by atoms with Crippen molar-refractivity contribution in [1.29, 1.82) is 0 Å². The molecular weight excluding hydrogens is 446 g/mol. The monoisotopic (exact) mass is 481 g/mol. The second kappa shape index (κ2) is 11.5. The molecule has 188 valence electrons. The summed E-state index contributed by atoms with van der Waals surface area (Å²) in [6.07, 6.45) is 9.39. The summed E-state index contributed by atoms with van der Waals surface area (Å²) in [4.78, 5) is 41.0. The molecule has 2 aliphatic rings. The molecule has 4 rings (SSSR count). The fourth-order valence-electron chi connectivity index (χ4n) is 4.81. The van der Waals surface area contributed by atoms with Crippen molar-refractivity contribution in [2.45, 2.75) is 89.6 Å². The van der Waals surface area contributed by atoms with Gasteiger partial charge in [0.05, 0.1) is 0 Å². The van der Waals surface area contributed by atoms with E-state index in [0.29, 0.717) is 24.7 Å². The van der Waals surface area contributed by atoms with E-state index in [1.165, 1.54) is 6.92 Å². The number of amides is 3. The van der Waals surface area contributed by atoms with Gasteiger partial charge in [0.25, 0.3) is 0 Å². The molecule has 3 amide bonds. The summed E-state index contributed by atoms with van der Waals surface area (Å²) in [7, 11) is 0. The minimum absolute atomic E-state index is 0.0699. The topological polar surface area (TPSA) is 126 Å². The zero-order valence-electron chi connectivity index (χ0n) is 20.4. The summed E-state index contributed by atoms with van der Waals surface area (Å²) in [6.45, 7) is 1.88. The van der Waals surface area contributed by atoms with E-state index in [2.05, 4.69) is 26.1 Å². The molecule has 0 radical (unpaired) electrons. The predicted molar refractivity (Wildman–Crippen MR) is 130 cm³/mol. The molecule has 0 unspecified atom stereocenters. The Balaban J connectivity index is 1.27. The van der Waals surface area contributed by atoms with Crippen LogP contribution in [0.1, 0.15) is 88.4 Å². The first-order valence-electron chi connectivity index (χ1n) is 12.7. The third-order valence-electron chi connectivity index (χ3n) is 6.99. The van der Waals surface area contributed by atoms with Gasteiger partial charge < -0.3 is 20.5 Å². The standard InChI is InChI=1S/C26H35N5O4/c1-18(32)30-26(14-4-2-3-5-15-26)25-29-23(35-31-25)13-12-22(33)27-17-19-8-6-11-21(16-19)28-24(34)20-9-7-10-20/h6,8,11,16,20H,2-5,7,9-10,12-15,17H2,1H3,(H,27,33)(H,28,34)(H,30,32). The highest BCUT2D eigenvalue weighted by Gasteiger charge is 2.38. The summed E-state index contributed by atoms with van der Waals surface area (Å²) in [6, 6.07) is 7.53. The van der Waals surface area contributed by atoms with Crippen LogP contribution in [0.3, 0.4) is 0 Å². The third kappa shape index (κ3) is 6.68. The summed E-state index contributed by atoms with van der Waals surface area (Å²) in [5, 5.41) is 13.1. The molecule has 0 atom stereocenters. The van der Waals surface area contributed by atoms with Gasteiger partial charge in [0.1, 0.15) is 5.54 Å². The highest BCUT2D eigenvalue weighted by atomic mass is 16.5. The minimum Gasteiger partial charge on any atom is -0.352 e. The van der Waals surface area contributed by atoms with Crippen LogP contribution in [0.5, 0.6) is 0 Å². The van der Waals surface area contributed by atoms with Crippen molar-refractivity contribution in [1.82, 2.24) is 20.8 Å². The number of aromatic nitrogens is 2. The fourth-order valence-corrected chi connectivity index (χ4v) is 4.81. The summed E-state index contributed by atoms with van der Waals surface area (Å²) >= 11 is 0. The van der Waals surface area contributed by atoms with Gasteiger partial charge in [-0.2, -0.15) is 4.98 Å². The highest BCUT2D eigenvalue weighted by Crippen LogP contribution is 2.34. The van der Waals surface area contributed by atoms with Crippen molar-refractivity contribution < 1.29 is 18.9 Å². The van der Waals surface area contributed by atoms with Crippen LogP contribution in [0, 0.1) is 5.92 Å². The number of aryl methyl sites for hydroxylation is 1. The fraction of sp³-hybridized carbons (Fsp3) is 0.577. The average molecular weight is 482 g/mol. The first kappa shape index (κ1) is 24.9. The summed E-state index contributed by atoms with van der Waals surface area (Å²) in [5.74, 6) is 0.861. The lowest BCUT2D eigenvalue weighted by molar-refractivity contribution is -0.122. The Bertz CT molecular complexity index is 1040. The van der Waals surface area contributed by atoms with Gasteiger partial charge in [-0.3, -0.25) is 14.4 Å². The molecule has 1 aromatic carbocycles. The summed E-state index contributed by atoms with van der Waals surface area (Å²) < 4.78 is 5.43. The van der Waals surface area contributed by atoms with E-state index in [-0.39, 0.29) is 30.1 Å². The largest absolute Gasteiger partial charge is 0.352 e. The van der Waals surface area contributed by atoms with Gasteiger partial charge in [-0.25, -0.2) is 0 Å². The van der Waals surface area contributed by atoms with Gasteiger partial charge in [0.2, 0.25) is 23.6 Å². The molecule has 1 aromatic heterocycles. The molecule has 1 heterocycles. The maximum atomic E-state index is 12.4. The maximum Gasteiger partial charge on any atom is 0.227 e. The molecule has 0 saturated heterocycles. The minimum atomic E-state index is -0.592. The number of anilines is 1. The SMILES string of the molecule is CC(=O)NC1(c2noc(CCC(=O)NCc3cccc(NC(=O)C4CCC4)c3)n2)CCCCCC1. The molecule has 2 aliphatic carbocycles. The predicted octanol–water partition coefficient (Wildman–Crippen LogP) is 3.74. The lowest BCUT2D eigenvalue weighted by Crippen LogP contribution is -2.45. The van der Waals surface area contributed by atoms with E-state index in [0.717, 1.165) is 69.0 Å². The highest BCUT2D eigenvalue weighted by molar-refractivity contribution is 5.93. The number of carbonyl (C=O) groups excluding carboxylic acids is 3. The quantitative estimate of drug-likeness (QED) is 0.468. The van der Waals surface area contributed by atoms with Crippen molar-refractivity contribution >= 4 is 23.4 Å². The average Bonchev–Trinajstić information content (AvgIpc) is 3.15. The zero-order valence-corrected chi connectivity index (χ0v) is 20.4. The Morgan fingerprint density at radius 2 is 1.86 bits per heavy atom. The second-order valence-corrected chi connectivity index (χ2v) is 9.78. The molecule has 9 heteroatoms. The Morgan fingerprint density at radius 3 is 2.54 bits per heavy atom. The van der Waals surface area contributed by atoms with Crippen LogP contribution >= 0.6 is 0 Å². The van der Waals surface area contributed by atoms with Gasteiger partial charge in [-0.15, -0.1) is 0 Å². The summed E-state index contributed by atoms with van der Waals surface area (Å²) in [5.41, 5.74) is 1.07. The molecule has 35 heavy (non-hydrogen) atoms. The number of hydrogen-bond acceptors (Lipinski definition) is 6. The van der Waals surface area contributed by atoms with Gasteiger partial charge in [0, 0.05) is 37.9 Å². The van der Waals surface area contributed by atoms with E-state index in [1.807, 2.05) is 24.3 Å². The lowest BCUT2D eigenvalue weighted by Gasteiger charge is -2.30. The Hall–Kier alpha value is -3.23. The maximum absolute atomic E-state index is 12.4. The normalized spacial score (nSPS) is 17.6. The molecule has 9 nitrogen and oxygen atoms in total. The van der Waals surface area contributed by atoms with Crippen molar-refractivity contribution in [2.75, 3.05) is 5.32 Å². The number of rotatable bonds is 9. The molecule has 2 fully saturated rings. The molecule has 3 N–H and O–H groups in total. The van der Waals surface area contributed by atoms with E-state index in [4.69, 9.17) is 4.52 Å². The first-order chi connectivity index (χ1) is 16.9. The van der Waals surface area contributed by atoms with Crippen molar-refractivity contribution in [2.24, 2.45) is 5.92 Å². The van der Waals surface area contributed by atoms with Crippen LogP contribution in [-0.4, -0.2) is 27.9 Å². The van der Waals surface area contributed by atoms with Crippen LogP contribution in [0.4, 0.5) is 5.69 Å². The Kier molecular flexibility index (Phi) is 8.15. The second-order valence-electron chi connectivity index (χ2n) is 9.78. The van der Waals surface area contributed by atoms with E-state index < -0.39 is 5.54 Å². The molecule has 0 aliphatic heterocycles. The van der Waals surface area contributed by atoms with Crippen molar-refractivity contribution in [3.63, 3.8) is 0 Å². The number of hydrogen-bond donors (Lipinski definition) is 3. The van der Waals surface area contributed by atoms with Crippen LogP contribution in [0.2, 0.25) is 0 Å². The lowest BCUT2D eigenvalue weighted by atomic mass is 9.85. The van der Waals surface area contributed by atoms with Crippen LogP contribution in [0.25, 0.3) is 0 Å². The zero-order chi connectivity index (χ0) is 24.7. The smallest absolute Gasteiger partial charge is 0.227 e. The van der Waals surface area contributed by atoms with Gasteiger partial charge in [-0.05, 0) is 43.4 Å². The molecule has 0 bridgehead atoms. The number of carbonyl (C=O) groups is 3. The van der Waals surface area contributed by atoms with E-state index in [9.17, 15) is 14.4 Å². The molecule has 2 saturated carbocycles. The van der Waals surface area contributed by atoms with Gasteiger partial charge in [-0.1, -0.05) is 49.4 Å². The van der Waals surface area contributed by atoms with Crippen molar-refractivity contribution in [3.05, 3.63) is 41.5 Å². The van der Waals surface area contributed by atoms with Gasteiger partial charge >= 0.3 is 0 Å². The first-order valence-corrected chi connectivity index (χ1v) is 12.7.